The largest absolute Gasteiger partial charge is 0.349 e. The van der Waals surface area contributed by atoms with Gasteiger partial charge in [-0.2, -0.15) is 0 Å². The molecule has 0 N–H and O–H groups in total. The van der Waals surface area contributed by atoms with Gasteiger partial charge in [-0.15, -0.1) is 0 Å². The molecule has 14 heterocycles. The highest BCUT2D eigenvalue weighted by Gasteiger charge is 2.49. The Kier molecular flexibility index (Phi) is 61.6. The van der Waals surface area contributed by atoms with Gasteiger partial charge in [0.15, 0.2) is 0 Å². The molecule has 3 unspecified atom stereocenters. The molecule has 3 atom stereocenters. The van der Waals surface area contributed by atoms with Gasteiger partial charge in [0.1, 0.15) is 0 Å². The lowest BCUT2D eigenvalue weighted by Crippen LogP contribution is -2.69. The first-order chi connectivity index (χ1) is 65.7. The Morgan fingerprint density at radius 1 is 0.253 bits per heavy atom. The van der Waals surface area contributed by atoms with E-state index in [-0.39, 0.29) is 79.7 Å². The predicted molar refractivity (Wildman–Crippen MR) is 657 cm³/mol. The Morgan fingerprint density at radius 3 is 0.740 bits per heavy atom. The van der Waals surface area contributed by atoms with E-state index in [1.807, 2.05) is 47.6 Å². The third kappa shape index (κ3) is 57.3. The van der Waals surface area contributed by atoms with E-state index >= 15 is 0 Å². The molecule has 150 heavy (non-hydrogen) atoms. The molecule has 0 bridgehead atoms. The number of hydrogen-bond donors (Lipinski definition) is 0. The van der Waals surface area contributed by atoms with E-state index in [0.717, 1.165) is 82.6 Å². The average Bonchev–Trinajstić information content (AvgIpc) is 1.01. The molecule has 13 saturated heterocycles. The maximum atomic E-state index is 12.3. The van der Waals surface area contributed by atoms with Crippen molar-refractivity contribution in [2.45, 2.75) is 572 Å². The number of carbonyl (C=O) groups is 3. The Bertz CT molecular complexity index is 3650. The van der Waals surface area contributed by atoms with Gasteiger partial charge >= 0.3 is 0 Å². The van der Waals surface area contributed by atoms with Crippen LogP contribution in [0.2, 0.25) is 0 Å². The lowest BCUT2D eigenvalue weighted by molar-refractivity contribution is -0.160. The van der Waals surface area contributed by atoms with Gasteiger partial charge < -0.3 is 24.2 Å². The number of hydrogen-bond acceptors (Lipinski definition) is 17. The molecular weight excluding hydrogens is 1860 g/mol. The van der Waals surface area contributed by atoms with E-state index in [4.69, 9.17) is 0 Å². The minimum atomic E-state index is -2.42. The lowest BCUT2D eigenvalue weighted by atomic mass is 9.86. The summed E-state index contributed by atoms with van der Waals surface area (Å²) in [6.07, 6.45) is 16.9. The summed E-state index contributed by atoms with van der Waals surface area (Å²) in [5.74, 6) is 1.30. The first kappa shape index (κ1) is 151. The minimum Gasteiger partial charge on any atom is -0.349 e. The van der Waals surface area contributed by atoms with Crippen molar-refractivity contribution in [2.75, 3.05) is 198 Å². The van der Waals surface area contributed by atoms with Crippen molar-refractivity contribution in [3.8, 4) is 0 Å². The molecule has 3 amide bonds. The van der Waals surface area contributed by atoms with Crippen LogP contribution in [0.4, 0.5) is 8.78 Å². The van der Waals surface area contributed by atoms with Crippen molar-refractivity contribution in [1.82, 2.24) is 87.9 Å². The summed E-state index contributed by atoms with van der Waals surface area (Å²) >= 11 is 0. The van der Waals surface area contributed by atoms with Crippen LogP contribution in [0.25, 0.3) is 0 Å². The van der Waals surface area contributed by atoms with Crippen molar-refractivity contribution >= 4 is 17.7 Å². The first-order valence-electron chi connectivity index (χ1n) is 58.5. The third-order valence-electron chi connectivity index (χ3n) is 32.4. The molecule has 1 aromatic rings. The minimum absolute atomic E-state index is 0. The zero-order valence-electron chi connectivity index (χ0n) is 109. The van der Waals surface area contributed by atoms with Crippen molar-refractivity contribution in [1.29, 1.82) is 0 Å². The number of rotatable bonds is 0. The molecule has 896 valence electrons. The molecule has 21 nitrogen and oxygen atoms in total. The monoisotopic (exact) mass is 2130 g/mol. The number of piperazine rings is 4. The second-order valence-corrected chi connectivity index (χ2v) is 62.1. The fraction of sp³-hybridized carbons (Fsp3) is 0.945. The molecule has 13 aliphatic rings. The second-order valence-electron chi connectivity index (χ2n) is 62.1. The molecule has 0 saturated carbocycles. The highest BCUT2D eigenvalue weighted by Crippen LogP contribution is 2.37. The highest BCUT2D eigenvalue weighted by molar-refractivity contribution is 5.82. The fourth-order valence-corrected chi connectivity index (χ4v) is 20.0. The topological polar surface area (TPSA) is 111 Å². The van der Waals surface area contributed by atoms with E-state index in [9.17, 15) is 23.2 Å². The van der Waals surface area contributed by atoms with Crippen LogP contribution in [0.15, 0.2) is 24.5 Å². The van der Waals surface area contributed by atoms with Crippen molar-refractivity contribution in [2.24, 2.45) is 17.8 Å². The average molecular weight is 2130 g/mol. The van der Waals surface area contributed by atoms with Gasteiger partial charge in [-0.25, -0.2) is 8.78 Å². The fourth-order valence-electron chi connectivity index (χ4n) is 20.0. The zero-order chi connectivity index (χ0) is 115. The molecule has 0 spiro atoms. The molecule has 1 aromatic heterocycles. The quantitative estimate of drug-likeness (QED) is 0.181. The van der Waals surface area contributed by atoms with E-state index < -0.39 is 5.92 Å². The molecular formula is C127H266F2N18O3. The maximum Gasteiger partial charge on any atom is 0.272 e. The number of piperidine rings is 2. The van der Waals surface area contributed by atoms with E-state index in [2.05, 4.69) is 455 Å². The van der Waals surface area contributed by atoms with Crippen LogP contribution in [-0.2, 0) is 19.9 Å². The van der Waals surface area contributed by atoms with Crippen LogP contribution in [0.5, 0.6) is 0 Å². The third-order valence-corrected chi connectivity index (χ3v) is 32.4. The summed E-state index contributed by atoms with van der Waals surface area (Å²) in [6, 6.07) is 5.46. The van der Waals surface area contributed by atoms with Crippen molar-refractivity contribution in [3.63, 3.8) is 0 Å². The number of halogens is 2. The number of carbonyl (C=O) groups excluding carboxylic acids is 3. The molecule has 0 aromatic carbocycles. The zero-order valence-corrected chi connectivity index (χ0v) is 109. The Balaban J connectivity index is -0.00000155. The number of nitrogens with zero attached hydrogens (tertiary/aromatic N) is 18. The van der Waals surface area contributed by atoms with Crippen LogP contribution in [0, 0.1) is 17.8 Å². The number of β-lactam (4-membered cyclic amide) rings is 1. The van der Waals surface area contributed by atoms with Crippen LogP contribution in [0.1, 0.15) is 460 Å². The number of alkyl halides is 2. The highest BCUT2D eigenvalue weighted by atomic mass is 19.3. The summed E-state index contributed by atoms with van der Waals surface area (Å²) < 4.78 is 26.7. The van der Waals surface area contributed by atoms with E-state index in [0.29, 0.717) is 79.7 Å². The van der Waals surface area contributed by atoms with Gasteiger partial charge in [0.2, 0.25) is 17.7 Å². The Labute approximate surface area is 935 Å². The Hall–Kier alpha value is -3.01. The lowest BCUT2D eigenvalue weighted by Gasteiger charge is -2.58. The number of aromatic nitrogens is 1. The van der Waals surface area contributed by atoms with Gasteiger partial charge in [0.05, 0.1) is 13.1 Å². The second kappa shape index (κ2) is 61.2. The molecule has 13 aliphatic heterocycles. The van der Waals surface area contributed by atoms with Crippen LogP contribution in [-0.4, -0.2) is 411 Å². The summed E-state index contributed by atoms with van der Waals surface area (Å²) in [5, 5.41) is 0. The maximum absolute atomic E-state index is 12.3. The van der Waals surface area contributed by atoms with Crippen LogP contribution >= 0.6 is 0 Å². The molecule has 0 radical (unpaired) electrons. The Morgan fingerprint density at radius 2 is 0.527 bits per heavy atom. The van der Waals surface area contributed by atoms with Gasteiger partial charge in [-0.05, 0) is 482 Å². The first-order valence-corrected chi connectivity index (χ1v) is 58.5. The van der Waals surface area contributed by atoms with Gasteiger partial charge in [-0.1, -0.05) is 49.5 Å². The normalized spacial score (nSPS) is 23.9. The molecule has 0 aliphatic carbocycles. The van der Waals surface area contributed by atoms with Gasteiger partial charge in [0.25, 0.3) is 5.92 Å². The SMILES string of the molecule is C.C.C.CC(C)(C)N1CC(F)(F)C1.CC(C)(C)N1CC1.CC(C)(C)N1CCC1=O.CC(C)(C)N1CCCC1=O.CC(C)(C)N1CCCC1=O.CC(C)(C)N1CCCCC1.CC(C)(C)n1cccc1.CC1CCN(C(C)(C)C)C1.CC1CCN(C(C)(C)C)CC1.CC1CN(C(C)(C)C)C1.CC1CN(C(C)(C)C)CC(C)N1C.CN1C(C)(C)CN(C(C)(C)C)CC1(C)C.CN1CCN(C(C)(C)C)CC1.CN1CCN(C(C)(C)C)CC1(C)C. The van der Waals surface area contributed by atoms with Crippen molar-refractivity contribution in [3.05, 3.63) is 24.5 Å². The standard InChI is InChI=1S/C13H28N2.2C11H24N2.C10H21N.C9H20N2.2C9H19N.2C8H15NO.C8H17N.C8H13N.C7H13F2N.C7H13NO.C6H13N.3CH4/c1-11(2,3)15-9-12(4,5)14(8)13(6,7)10-15;1-9-7-13(11(3,4)5)8-10(2)12(9)6;1-10(2,3)13-8-7-12(6)11(4,5)9-13;1-9-5-7-11(8-6-9)10(2,3)4;1-9(2,3)11-7-5-10(4)6-8-11;1-8-5-6-10(7-8)9(2,3)4;1-9(2,3)10-7-5-4-6-8-10;2*1-8(2,3)9-6-4-5-7(9)10;1-7-5-9(6-7)8(2,3)4;1-8(2,3)9-6-4-5-7-9;1-6(2,3)10-4-7(8,9)5-10;1-7(2,3)8-5-4-6(8)9;1-6(2,3)7-4-5-7;;;/h9-10H2,1-8H3;9-10H,7-8H2,1-6H3;7-9H2,1-6H3;9H,5-8H2,1-4H3;5-8H2,1-4H3;8H,5-7H2,1-4H3;4-8H2,1-3H3;2*4-6H2,1-3H3;7H,5-6H2,1-4H3;4-7H,1-3H3;4-5H2,1-3H3;4-5H2,1-3H3;4-5H2,1-3H3;3*1H4. The van der Waals surface area contributed by atoms with Crippen LogP contribution in [0.3, 0.4) is 0 Å². The predicted octanol–water partition coefficient (Wildman–Crippen LogP) is 26.7. The summed E-state index contributed by atoms with van der Waals surface area (Å²) in [4.78, 5) is 73.5. The number of likely N-dealkylation sites (tertiary alicyclic amines) is 8. The number of amides is 3. The number of likely N-dealkylation sites (N-methyl/N-ethyl adjacent to an activating group) is 4. The van der Waals surface area contributed by atoms with Crippen LogP contribution < -0.4 is 0 Å². The van der Waals surface area contributed by atoms with Gasteiger partial charge in [-0.3, -0.25) is 78.1 Å². The van der Waals surface area contributed by atoms with E-state index in [1.54, 1.807) is 4.90 Å². The summed E-state index contributed by atoms with van der Waals surface area (Å²) in [7, 11) is 8.90. The molecule has 13 fully saturated rings. The molecule has 14 rings (SSSR count). The van der Waals surface area contributed by atoms with E-state index in [1.165, 1.54) is 163 Å². The van der Waals surface area contributed by atoms with Crippen molar-refractivity contribution < 1.29 is 23.2 Å². The molecule has 23 heteroatoms. The summed E-state index contributed by atoms with van der Waals surface area (Å²) in [6.45, 7) is 147. The van der Waals surface area contributed by atoms with Gasteiger partial charge in [0, 0.05) is 262 Å². The smallest absolute Gasteiger partial charge is 0.272 e. The summed E-state index contributed by atoms with van der Waals surface area (Å²) in [5.41, 5.74) is 4.43.